The lowest BCUT2D eigenvalue weighted by Gasteiger charge is -2.22. The average molecular weight is 248 g/mol. The molecule has 4 nitrogen and oxygen atoms in total. The summed E-state index contributed by atoms with van der Waals surface area (Å²) in [6.07, 6.45) is 0.620. The third kappa shape index (κ3) is 3.94. The molecule has 0 bridgehead atoms. The quantitative estimate of drug-likeness (QED) is 0.804. The second kappa shape index (κ2) is 6.87. The normalized spacial score (nSPS) is 13.4. The minimum atomic E-state index is -0.545. The highest BCUT2D eigenvalue weighted by Crippen LogP contribution is 2.26. The summed E-state index contributed by atoms with van der Waals surface area (Å²) in [6, 6.07) is 9.77. The van der Waals surface area contributed by atoms with Gasteiger partial charge >= 0.3 is 0 Å². The summed E-state index contributed by atoms with van der Waals surface area (Å²) < 4.78 is 10.9. The Bertz CT molecular complexity index is 415. The van der Waals surface area contributed by atoms with Gasteiger partial charge in [-0.05, 0) is 25.6 Å². The first-order valence-electron chi connectivity index (χ1n) is 6.07. The fourth-order valence-corrected chi connectivity index (χ4v) is 1.68. The molecule has 0 heterocycles. The van der Waals surface area contributed by atoms with Crippen LogP contribution in [0.2, 0.25) is 0 Å². The maximum atomic E-state index is 9.12. The molecule has 98 valence electrons. The van der Waals surface area contributed by atoms with E-state index in [-0.39, 0.29) is 0 Å². The summed E-state index contributed by atoms with van der Waals surface area (Å²) >= 11 is 0. The Morgan fingerprint density at radius 1 is 1.33 bits per heavy atom. The fraction of sp³-hybridized carbons (Fsp3) is 0.500. The second-order valence-corrected chi connectivity index (χ2v) is 4.22. The Balaban J connectivity index is 2.53. The van der Waals surface area contributed by atoms with E-state index in [0.29, 0.717) is 24.5 Å². The minimum absolute atomic E-state index is 0.470. The average Bonchev–Trinajstić information content (AvgIpc) is 2.39. The van der Waals surface area contributed by atoms with Crippen LogP contribution in [0.5, 0.6) is 11.5 Å². The molecule has 0 fully saturated rings. The van der Waals surface area contributed by atoms with Crippen LogP contribution in [0.25, 0.3) is 0 Å². The Morgan fingerprint density at radius 2 is 2.00 bits per heavy atom. The van der Waals surface area contributed by atoms with E-state index in [0.717, 1.165) is 6.54 Å². The SMILES string of the molecule is CCNC(C)(C#N)CCOc1ccccc1OC. The summed E-state index contributed by atoms with van der Waals surface area (Å²) in [5.74, 6) is 1.41. The molecule has 0 radical (unpaired) electrons. The van der Waals surface area contributed by atoms with Gasteiger partial charge in [-0.15, -0.1) is 0 Å². The molecule has 0 aliphatic rings. The van der Waals surface area contributed by atoms with Crippen molar-refractivity contribution in [3.8, 4) is 17.6 Å². The third-order valence-electron chi connectivity index (χ3n) is 2.74. The van der Waals surface area contributed by atoms with Crippen molar-refractivity contribution < 1.29 is 9.47 Å². The van der Waals surface area contributed by atoms with E-state index in [1.807, 2.05) is 38.1 Å². The Labute approximate surface area is 109 Å². The number of hydrogen-bond acceptors (Lipinski definition) is 4. The molecule has 1 rings (SSSR count). The van der Waals surface area contributed by atoms with Crippen LogP contribution in [0.3, 0.4) is 0 Å². The van der Waals surface area contributed by atoms with E-state index >= 15 is 0 Å². The molecule has 1 N–H and O–H groups in total. The zero-order valence-corrected chi connectivity index (χ0v) is 11.2. The highest BCUT2D eigenvalue weighted by Gasteiger charge is 2.22. The van der Waals surface area contributed by atoms with Crippen molar-refractivity contribution >= 4 is 0 Å². The third-order valence-corrected chi connectivity index (χ3v) is 2.74. The number of benzene rings is 1. The molecule has 4 heteroatoms. The van der Waals surface area contributed by atoms with Gasteiger partial charge in [-0.25, -0.2) is 0 Å². The fourth-order valence-electron chi connectivity index (χ4n) is 1.68. The number of nitrogens with zero attached hydrogens (tertiary/aromatic N) is 1. The number of methoxy groups -OCH3 is 1. The van der Waals surface area contributed by atoms with Gasteiger partial charge in [-0.3, -0.25) is 5.32 Å². The molecule has 1 aromatic rings. The van der Waals surface area contributed by atoms with E-state index in [2.05, 4.69) is 11.4 Å². The smallest absolute Gasteiger partial charge is 0.161 e. The van der Waals surface area contributed by atoms with Crippen LogP contribution < -0.4 is 14.8 Å². The van der Waals surface area contributed by atoms with Gasteiger partial charge in [-0.1, -0.05) is 19.1 Å². The van der Waals surface area contributed by atoms with Crippen molar-refractivity contribution in [3.05, 3.63) is 24.3 Å². The van der Waals surface area contributed by atoms with Crippen LogP contribution in [0.15, 0.2) is 24.3 Å². The standard InChI is InChI=1S/C14H20N2O2/c1-4-16-14(2,11-15)9-10-18-13-8-6-5-7-12(13)17-3/h5-8,16H,4,9-10H2,1-3H3. The number of nitrogens with one attached hydrogen (secondary N) is 1. The molecule has 0 amide bonds. The van der Waals surface area contributed by atoms with Crippen LogP contribution >= 0.6 is 0 Å². The lowest BCUT2D eigenvalue weighted by molar-refractivity contribution is 0.257. The summed E-state index contributed by atoms with van der Waals surface area (Å²) in [5, 5.41) is 12.3. The lowest BCUT2D eigenvalue weighted by Crippen LogP contribution is -2.42. The van der Waals surface area contributed by atoms with Crippen molar-refractivity contribution in [3.63, 3.8) is 0 Å². The molecule has 0 aliphatic carbocycles. The Morgan fingerprint density at radius 3 is 2.56 bits per heavy atom. The predicted octanol–water partition coefficient (Wildman–Crippen LogP) is 2.36. The van der Waals surface area contributed by atoms with Gasteiger partial charge in [0.1, 0.15) is 5.54 Å². The van der Waals surface area contributed by atoms with E-state index in [4.69, 9.17) is 14.7 Å². The van der Waals surface area contributed by atoms with Crippen LogP contribution in [-0.2, 0) is 0 Å². The number of hydrogen-bond donors (Lipinski definition) is 1. The summed E-state index contributed by atoms with van der Waals surface area (Å²) in [6.45, 7) is 5.09. The van der Waals surface area contributed by atoms with Crippen LogP contribution in [0, 0.1) is 11.3 Å². The van der Waals surface area contributed by atoms with Crippen molar-refractivity contribution in [1.29, 1.82) is 5.26 Å². The van der Waals surface area contributed by atoms with Crippen molar-refractivity contribution in [2.24, 2.45) is 0 Å². The molecule has 1 atom stereocenters. The molecule has 18 heavy (non-hydrogen) atoms. The summed E-state index contributed by atoms with van der Waals surface area (Å²) in [5.41, 5.74) is -0.545. The van der Waals surface area contributed by atoms with E-state index < -0.39 is 5.54 Å². The van der Waals surface area contributed by atoms with Crippen molar-refractivity contribution in [1.82, 2.24) is 5.32 Å². The van der Waals surface area contributed by atoms with E-state index in [1.165, 1.54) is 0 Å². The van der Waals surface area contributed by atoms with Gasteiger partial charge < -0.3 is 9.47 Å². The largest absolute Gasteiger partial charge is 0.493 e. The molecule has 1 aromatic carbocycles. The van der Waals surface area contributed by atoms with Crippen LogP contribution in [-0.4, -0.2) is 25.8 Å². The predicted molar refractivity (Wildman–Crippen MR) is 70.8 cm³/mol. The molecular formula is C14H20N2O2. The summed E-state index contributed by atoms with van der Waals surface area (Å²) in [7, 11) is 1.61. The van der Waals surface area contributed by atoms with Gasteiger partial charge in [0.2, 0.25) is 0 Å². The van der Waals surface area contributed by atoms with Gasteiger partial charge in [0.25, 0.3) is 0 Å². The monoisotopic (exact) mass is 248 g/mol. The van der Waals surface area contributed by atoms with Gasteiger partial charge in [0.15, 0.2) is 11.5 Å². The zero-order chi connectivity index (χ0) is 13.4. The molecule has 0 saturated heterocycles. The number of rotatable bonds is 7. The topological polar surface area (TPSA) is 54.3 Å². The number of nitriles is 1. The Kier molecular flexibility index (Phi) is 5.47. The van der Waals surface area contributed by atoms with Gasteiger partial charge in [-0.2, -0.15) is 5.26 Å². The van der Waals surface area contributed by atoms with Gasteiger partial charge in [0.05, 0.1) is 19.8 Å². The lowest BCUT2D eigenvalue weighted by atomic mass is 10.0. The van der Waals surface area contributed by atoms with Crippen molar-refractivity contribution in [2.75, 3.05) is 20.3 Å². The van der Waals surface area contributed by atoms with Crippen molar-refractivity contribution in [2.45, 2.75) is 25.8 Å². The molecule has 1 unspecified atom stereocenters. The molecule has 0 spiro atoms. The molecular weight excluding hydrogens is 228 g/mol. The first-order chi connectivity index (χ1) is 8.65. The molecule has 0 saturated carbocycles. The maximum absolute atomic E-state index is 9.12. The zero-order valence-electron chi connectivity index (χ0n) is 11.2. The van der Waals surface area contributed by atoms with Crippen LogP contribution in [0.1, 0.15) is 20.3 Å². The highest BCUT2D eigenvalue weighted by atomic mass is 16.5. The van der Waals surface area contributed by atoms with Crippen LogP contribution in [0.4, 0.5) is 0 Å². The molecule has 0 aliphatic heterocycles. The first kappa shape index (κ1) is 14.3. The van der Waals surface area contributed by atoms with E-state index in [1.54, 1.807) is 7.11 Å². The molecule has 0 aromatic heterocycles. The highest BCUT2D eigenvalue weighted by molar-refractivity contribution is 5.39. The first-order valence-corrected chi connectivity index (χ1v) is 6.07. The second-order valence-electron chi connectivity index (χ2n) is 4.22. The minimum Gasteiger partial charge on any atom is -0.493 e. The van der Waals surface area contributed by atoms with E-state index in [9.17, 15) is 0 Å². The number of para-hydroxylation sites is 2. The Hall–Kier alpha value is -1.73. The van der Waals surface area contributed by atoms with Gasteiger partial charge in [0, 0.05) is 6.42 Å². The number of ether oxygens (including phenoxy) is 2. The maximum Gasteiger partial charge on any atom is 0.161 e. The summed E-state index contributed by atoms with van der Waals surface area (Å²) in [4.78, 5) is 0.